The molecule has 0 amide bonds. The van der Waals surface area contributed by atoms with Gasteiger partial charge in [-0.05, 0) is 32.3 Å². The number of rotatable bonds is 3. The Balaban J connectivity index is 2.58. The van der Waals surface area contributed by atoms with Gasteiger partial charge in [0.2, 0.25) is 0 Å². The summed E-state index contributed by atoms with van der Waals surface area (Å²) in [6, 6.07) is 0.282. The van der Waals surface area contributed by atoms with Crippen LogP contribution in [0.3, 0.4) is 0 Å². The summed E-state index contributed by atoms with van der Waals surface area (Å²) in [4.78, 5) is 0. The van der Waals surface area contributed by atoms with E-state index in [4.69, 9.17) is 5.73 Å². The highest BCUT2D eigenvalue weighted by atomic mass is 15.3. The molecule has 3 heteroatoms. The Hall–Kier alpha value is -0.830. The van der Waals surface area contributed by atoms with Crippen molar-refractivity contribution in [2.24, 2.45) is 12.8 Å². The fourth-order valence-corrected chi connectivity index (χ4v) is 1.17. The largest absolute Gasteiger partial charge is 0.328 e. The second-order valence-electron chi connectivity index (χ2n) is 3.39. The van der Waals surface area contributed by atoms with Crippen molar-refractivity contribution in [3.8, 4) is 0 Å². The number of nitrogens with zero attached hydrogens (tertiary/aromatic N) is 2. The van der Waals surface area contributed by atoms with Gasteiger partial charge in [0.05, 0.1) is 6.20 Å². The standard InChI is InChI=1S/C9H17N3/c1-7(10)4-5-9-6-11-12(3)8(9)2/h6-7H,4-5,10H2,1-3H3/t7-/m1/s1. The lowest BCUT2D eigenvalue weighted by molar-refractivity contribution is 0.662. The summed E-state index contributed by atoms with van der Waals surface area (Å²) >= 11 is 0. The quantitative estimate of drug-likeness (QED) is 0.730. The summed E-state index contributed by atoms with van der Waals surface area (Å²) in [6.45, 7) is 4.12. The van der Waals surface area contributed by atoms with E-state index in [9.17, 15) is 0 Å². The van der Waals surface area contributed by atoms with Crippen LogP contribution >= 0.6 is 0 Å². The van der Waals surface area contributed by atoms with Gasteiger partial charge in [0.15, 0.2) is 0 Å². The topological polar surface area (TPSA) is 43.8 Å². The molecular weight excluding hydrogens is 150 g/mol. The van der Waals surface area contributed by atoms with E-state index in [0.717, 1.165) is 12.8 Å². The van der Waals surface area contributed by atoms with Crippen LogP contribution < -0.4 is 5.73 Å². The molecule has 1 atom stereocenters. The van der Waals surface area contributed by atoms with E-state index in [-0.39, 0.29) is 6.04 Å². The smallest absolute Gasteiger partial charge is 0.0524 e. The molecule has 0 aliphatic rings. The van der Waals surface area contributed by atoms with Crippen molar-refractivity contribution >= 4 is 0 Å². The molecule has 0 bridgehead atoms. The highest BCUT2D eigenvalue weighted by molar-refractivity contribution is 5.15. The lowest BCUT2D eigenvalue weighted by atomic mass is 10.1. The van der Waals surface area contributed by atoms with Gasteiger partial charge in [-0.3, -0.25) is 4.68 Å². The zero-order valence-electron chi connectivity index (χ0n) is 8.04. The van der Waals surface area contributed by atoms with Crippen molar-refractivity contribution in [1.82, 2.24) is 9.78 Å². The summed E-state index contributed by atoms with van der Waals surface area (Å²) in [5.41, 5.74) is 8.23. The zero-order chi connectivity index (χ0) is 9.14. The molecule has 0 unspecified atom stereocenters. The Morgan fingerprint density at radius 1 is 1.67 bits per heavy atom. The molecule has 2 N–H and O–H groups in total. The molecule has 1 rings (SSSR count). The molecule has 0 spiro atoms. The Morgan fingerprint density at radius 3 is 2.75 bits per heavy atom. The third-order valence-electron chi connectivity index (χ3n) is 2.21. The van der Waals surface area contributed by atoms with Crippen molar-refractivity contribution < 1.29 is 0 Å². The minimum Gasteiger partial charge on any atom is -0.328 e. The number of aromatic nitrogens is 2. The van der Waals surface area contributed by atoms with Crippen LogP contribution in [0.5, 0.6) is 0 Å². The van der Waals surface area contributed by atoms with Crippen molar-refractivity contribution in [3.63, 3.8) is 0 Å². The van der Waals surface area contributed by atoms with Crippen LogP contribution in [0.1, 0.15) is 24.6 Å². The Labute approximate surface area is 73.6 Å². The van der Waals surface area contributed by atoms with Crippen molar-refractivity contribution in [3.05, 3.63) is 17.5 Å². The number of hydrogen-bond acceptors (Lipinski definition) is 2. The fourth-order valence-electron chi connectivity index (χ4n) is 1.17. The van der Waals surface area contributed by atoms with Gasteiger partial charge >= 0.3 is 0 Å². The second kappa shape index (κ2) is 3.72. The first-order valence-electron chi connectivity index (χ1n) is 4.34. The van der Waals surface area contributed by atoms with E-state index in [1.807, 2.05) is 24.9 Å². The first kappa shape index (κ1) is 9.26. The van der Waals surface area contributed by atoms with E-state index in [1.165, 1.54) is 11.3 Å². The fraction of sp³-hybridized carbons (Fsp3) is 0.667. The SMILES string of the molecule is Cc1c(CC[C@@H](C)N)cnn1C. The second-order valence-corrected chi connectivity index (χ2v) is 3.39. The van der Waals surface area contributed by atoms with Gasteiger partial charge in [-0.1, -0.05) is 0 Å². The predicted octanol–water partition coefficient (Wildman–Crippen LogP) is 1.01. The molecule has 12 heavy (non-hydrogen) atoms. The van der Waals surface area contributed by atoms with Gasteiger partial charge in [0.1, 0.15) is 0 Å². The lowest BCUT2D eigenvalue weighted by Gasteiger charge is -2.03. The third-order valence-corrected chi connectivity index (χ3v) is 2.21. The highest BCUT2D eigenvalue weighted by Gasteiger charge is 2.03. The molecule has 0 aromatic carbocycles. The van der Waals surface area contributed by atoms with Crippen LogP contribution in [0, 0.1) is 6.92 Å². The van der Waals surface area contributed by atoms with Gasteiger partial charge in [-0.25, -0.2) is 0 Å². The maximum atomic E-state index is 5.67. The van der Waals surface area contributed by atoms with Crippen molar-refractivity contribution in [2.45, 2.75) is 32.7 Å². The summed E-state index contributed by atoms with van der Waals surface area (Å²) in [5.74, 6) is 0. The first-order chi connectivity index (χ1) is 5.61. The maximum Gasteiger partial charge on any atom is 0.0524 e. The lowest BCUT2D eigenvalue weighted by Crippen LogP contribution is -2.15. The third kappa shape index (κ3) is 2.08. The predicted molar refractivity (Wildman–Crippen MR) is 49.9 cm³/mol. The summed E-state index contributed by atoms with van der Waals surface area (Å²) in [6.07, 6.45) is 4.00. The van der Waals surface area contributed by atoms with Gasteiger partial charge in [0, 0.05) is 18.8 Å². The van der Waals surface area contributed by atoms with Gasteiger partial charge in [-0.2, -0.15) is 5.10 Å². The van der Waals surface area contributed by atoms with Gasteiger partial charge in [0.25, 0.3) is 0 Å². The molecule has 1 aromatic rings. The van der Waals surface area contributed by atoms with E-state index < -0.39 is 0 Å². The Kier molecular flexibility index (Phi) is 2.87. The van der Waals surface area contributed by atoms with Gasteiger partial charge in [-0.15, -0.1) is 0 Å². The average molecular weight is 167 g/mol. The number of aryl methyl sites for hydroxylation is 2. The molecule has 1 aromatic heterocycles. The molecule has 0 saturated heterocycles. The van der Waals surface area contributed by atoms with E-state index in [0.29, 0.717) is 0 Å². The summed E-state index contributed by atoms with van der Waals surface area (Å²) < 4.78 is 1.90. The van der Waals surface area contributed by atoms with Crippen LogP contribution in [-0.4, -0.2) is 15.8 Å². The Morgan fingerprint density at radius 2 is 2.33 bits per heavy atom. The van der Waals surface area contributed by atoms with Crippen LogP contribution in [0.25, 0.3) is 0 Å². The van der Waals surface area contributed by atoms with E-state index >= 15 is 0 Å². The van der Waals surface area contributed by atoms with E-state index in [1.54, 1.807) is 0 Å². The van der Waals surface area contributed by atoms with Crippen LogP contribution in [-0.2, 0) is 13.5 Å². The average Bonchev–Trinajstić information content (AvgIpc) is 2.30. The zero-order valence-corrected chi connectivity index (χ0v) is 8.04. The normalized spacial score (nSPS) is 13.3. The maximum absolute atomic E-state index is 5.67. The molecule has 0 saturated carbocycles. The minimum absolute atomic E-state index is 0.282. The number of hydrogen-bond donors (Lipinski definition) is 1. The van der Waals surface area contributed by atoms with Crippen molar-refractivity contribution in [1.29, 1.82) is 0 Å². The highest BCUT2D eigenvalue weighted by Crippen LogP contribution is 2.08. The molecular formula is C9H17N3. The van der Waals surface area contributed by atoms with Crippen LogP contribution in [0.15, 0.2) is 6.20 Å². The molecule has 68 valence electrons. The summed E-state index contributed by atoms with van der Waals surface area (Å²) in [5, 5.41) is 4.17. The minimum atomic E-state index is 0.282. The number of nitrogens with two attached hydrogens (primary N) is 1. The van der Waals surface area contributed by atoms with Crippen LogP contribution in [0.2, 0.25) is 0 Å². The molecule has 0 radical (unpaired) electrons. The summed E-state index contributed by atoms with van der Waals surface area (Å²) in [7, 11) is 1.96. The molecule has 3 nitrogen and oxygen atoms in total. The van der Waals surface area contributed by atoms with Gasteiger partial charge < -0.3 is 5.73 Å². The first-order valence-corrected chi connectivity index (χ1v) is 4.34. The molecule has 0 aliphatic carbocycles. The molecule has 0 aliphatic heterocycles. The van der Waals surface area contributed by atoms with E-state index in [2.05, 4.69) is 12.0 Å². The van der Waals surface area contributed by atoms with Crippen molar-refractivity contribution in [2.75, 3.05) is 0 Å². The van der Waals surface area contributed by atoms with Crippen LogP contribution in [0.4, 0.5) is 0 Å². The molecule has 0 fully saturated rings. The monoisotopic (exact) mass is 167 g/mol. The Bertz CT molecular complexity index is 250. The molecule has 1 heterocycles.